The summed E-state index contributed by atoms with van der Waals surface area (Å²) >= 11 is 0. The Kier molecular flexibility index (Phi) is 3.06. The third-order valence-electron chi connectivity index (χ3n) is 3.32. The zero-order chi connectivity index (χ0) is 15.1. The third-order valence-corrected chi connectivity index (χ3v) is 3.32. The van der Waals surface area contributed by atoms with Crippen LogP contribution in [0.4, 0.5) is 10.2 Å². The van der Waals surface area contributed by atoms with Gasteiger partial charge in [0.05, 0.1) is 17.0 Å². The number of halogens is 1. The number of aliphatic imine (C=N–C) groups is 1. The Morgan fingerprint density at radius 2 is 2.10 bits per heavy atom. The Balaban J connectivity index is 2.30. The Bertz CT molecular complexity index is 766. The van der Waals surface area contributed by atoms with E-state index in [4.69, 9.17) is 0 Å². The SMILES string of the molecule is Cc1nn(C)c2c1C(c1ccccc1F)=NC(O)C(=O)N2. The van der Waals surface area contributed by atoms with Crippen molar-refractivity contribution in [2.75, 3.05) is 5.32 Å². The van der Waals surface area contributed by atoms with Crippen LogP contribution in [0, 0.1) is 12.7 Å². The van der Waals surface area contributed by atoms with E-state index in [1.165, 1.54) is 10.7 Å². The van der Waals surface area contributed by atoms with E-state index in [0.717, 1.165) is 0 Å². The molecule has 1 unspecified atom stereocenters. The van der Waals surface area contributed by atoms with Gasteiger partial charge in [-0.25, -0.2) is 9.38 Å². The molecule has 2 N–H and O–H groups in total. The van der Waals surface area contributed by atoms with Crippen molar-refractivity contribution in [3.05, 3.63) is 46.9 Å². The molecule has 0 saturated carbocycles. The normalized spacial score (nSPS) is 17.8. The summed E-state index contributed by atoms with van der Waals surface area (Å²) in [6.45, 7) is 1.74. The predicted molar refractivity (Wildman–Crippen MR) is 74.6 cm³/mol. The summed E-state index contributed by atoms with van der Waals surface area (Å²) in [6, 6.07) is 6.08. The fraction of sp³-hybridized carbons (Fsp3) is 0.214. The molecule has 1 aliphatic heterocycles. The minimum atomic E-state index is -1.59. The van der Waals surface area contributed by atoms with Crippen LogP contribution in [0.3, 0.4) is 0 Å². The van der Waals surface area contributed by atoms with Crippen LogP contribution in [0.1, 0.15) is 16.8 Å². The fourth-order valence-electron chi connectivity index (χ4n) is 2.37. The van der Waals surface area contributed by atoms with Gasteiger partial charge in [0.1, 0.15) is 11.6 Å². The second-order valence-corrected chi connectivity index (χ2v) is 4.75. The van der Waals surface area contributed by atoms with Gasteiger partial charge in [0.15, 0.2) is 0 Å². The molecular formula is C14H13FN4O2. The van der Waals surface area contributed by atoms with E-state index < -0.39 is 18.0 Å². The molecule has 0 fully saturated rings. The van der Waals surface area contributed by atoms with Gasteiger partial charge in [-0.2, -0.15) is 5.10 Å². The molecule has 0 bridgehead atoms. The average molecular weight is 288 g/mol. The maximum Gasteiger partial charge on any atom is 0.277 e. The number of fused-ring (bicyclic) bond motifs is 1. The van der Waals surface area contributed by atoms with Crippen LogP contribution in [0.2, 0.25) is 0 Å². The van der Waals surface area contributed by atoms with Gasteiger partial charge in [-0.3, -0.25) is 9.48 Å². The number of amides is 1. The molecule has 1 atom stereocenters. The first-order valence-electron chi connectivity index (χ1n) is 6.34. The van der Waals surface area contributed by atoms with Crippen molar-refractivity contribution in [3.63, 3.8) is 0 Å². The molecule has 3 rings (SSSR count). The molecule has 21 heavy (non-hydrogen) atoms. The highest BCUT2D eigenvalue weighted by Crippen LogP contribution is 2.27. The van der Waals surface area contributed by atoms with Crippen molar-refractivity contribution in [1.82, 2.24) is 9.78 Å². The van der Waals surface area contributed by atoms with Crippen molar-refractivity contribution < 1.29 is 14.3 Å². The number of rotatable bonds is 1. The number of benzene rings is 1. The van der Waals surface area contributed by atoms with Gasteiger partial charge >= 0.3 is 0 Å². The predicted octanol–water partition coefficient (Wildman–Crippen LogP) is 0.976. The van der Waals surface area contributed by atoms with Crippen LogP contribution in [-0.4, -0.2) is 32.7 Å². The summed E-state index contributed by atoms with van der Waals surface area (Å²) in [5.74, 6) is -0.770. The Labute approximate surface area is 119 Å². The van der Waals surface area contributed by atoms with E-state index in [-0.39, 0.29) is 11.3 Å². The molecule has 1 amide bonds. The van der Waals surface area contributed by atoms with Crippen LogP contribution in [0.25, 0.3) is 0 Å². The average Bonchev–Trinajstić information content (AvgIpc) is 2.63. The van der Waals surface area contributed by atoms with Crippen molar-refractivity contribution in [3.8, 4) is 0 Å². The van der Waals surface area contributed by atoms with Crippen molar-refractivity contribution >= 4 is 17.4 Å². The molecule has 0 saturated heterocycles. The Hall–Kier alpha value is -2.54. The largest absolute Gasteiger partial charge is 0.364 e. The minimum Gasteiger partial charge on any atom is -0.364 e. The molecule has 108 valence electrons. The molecule has 6 nitrogen and oxygen atoms in total. The summed E-state index contributed by atoms with van der Waals surface area (Å²) < 4.78 is 15.5. The highest BCUT2D eigenvalue weighted by Gasteiger charge is 2.29. The standard InChI is InChI=1S/C14H13FN4O2/c1-7-10-11(8-5-3-4-6-9(8)15)16-13(20)14(21)17-12(10)19(2)18-7/h3-6,13,20H,1-2H3,(H,17,21). The maximum absolute atomic E-state index is 14.1. The van der Waals surface area contributed by atoms with Gasteiger partial charge < -0.3 is 10.4 Å². The van der Waals surface area contributed by atoms with Crippen molar-refractivity contribution in [2.24, 2.45) is 12.0 Å². The van der Waals surface area contributed by atoms with E-state index in [1.54, 1.807) is 32.2 Å². The van der Waals surface area contributed by atoms with Gasteiger partial charge in [0.2, 0.25) is 6.23 Å². The van der Waals surface area contributed by atoms with Crippen molar-refractivity contribution in [2.45, 2.75) is 13.2 Å². The highest BCUT2D eigenvalue weighted by molar-refractivity contribution is 6.19. The lowest BCUT2D eigenvalue weighted by atomic mass is 10.0. The highest BCUT2D eigenvalue weighted by atomic mass is 19.1. The number of carbonyl (C=O) groups is 1. The fourth-order valence-corrected chi connectivity index (χ4v) is 2.37. The van der Waals surface area contributed by atoms with Gasteiger partial charge in [-0.1, -0.05) is 12.1 Å². The molecule has 0 spiro atoms. The lowest BCUT2D eigenvalue weighted by Crippen LogP contribution is -2.26. The molecule has 2 heterocycles. The minimum absolute atomic E-state index is 0.208. The van der Waals surface area contributed by atoms with E-state index in [2.05, 4.69) is 15.4 Å². The van der Waals surface area contributed by atoms with Gasteiger partial charge in [-0.05, 0) is 19.1 Å². The number of aromatic nitrogens is 2. The summed E-state index contributed by atoms with van der Waals surface area (Å²) in [6.07, 6.45) is -1.59. The molecule has 2 aromatic rings. The van der Waals surface area contributed by atoms with E-state index in [0.29, 0.717) is 17.1 Å². The number of aryl methyl sites for hydroxylation is 2. The second kappa shape index (κ2) is 4.78. The number of nitrogens with one attached hydrogen (secondary N) is 1. The maximum atomic E-state index is 14.1. The summed E-state index contributed by atoms with van der Waals surface area (Å²) in [5, 5.41) is 16.6. The molecule has 1 aromatic carbocycles. The first-order chi connectivity index (χ1) is 9.99. The van der Waals surface area contributed by atoms with Gasteiger partial charge in [0.25, 0.3) is 5.91 Å². The lowest BCUT2D eigenvalue weighted by Gasteiger charge is -2.07. The summed E-state index contributed by atoms with van der Waals surface area (Å²) in [5.41, 5.74) is 1.52. The number of hydrogen-bond acceptors (Lipinski definition) is 4. The number of hydrogen-bond donors (Lipinski definition) is 2. The lowest BCUT2D eigenvalue weighted by molar-refractivity contribution is -0.123. The Morgan fingerprint density at radius 3 is 2.81 bits per heavy atom. The monoisotopic (exact) mass is 288 g/mol. The summed E-state index contributed by atoms with van der Waals surface area (Å²) in [4.78, 5) is 15.8. The zero-order valence-electron chi connectivity index (χ0n) is 11.5. The van der Waals surface area contributed by atoms with Crippen LogP contribution >= 0.6 is 0 Å². The number of aliphatic hydroxyl groups is 1. The number of aliphatic hydroxyl groups excluding tert-OH is 1. The Morgan fingerprint density at radius 1 is 1.38 bits per heavy atom. The smallest absolute Gasteiger partial charge is 0.277 e. The third kappa shape index (κ3) is 2.11. The van der Waals surface area contributed by atoms with Gasteiger partial charge in [-0.15, -0.1) is 0 Å². The van der Waals surface area contributed by atoms with E-state index >= 15 is 0 Å². The van der Waals surface area contributed by atoms with Crippen LogP contribution in [0.5, 0.6) is 0 Å². The molecule has 0 radical (unpaired) electrons. The number of anilines is 1. The van der Waals surface area contributed by atoms with Crippen LogP contribution in [-0.2, 0) is 11.8 Å². The van der Waals surface area contributed by atoms with Crippen LogP contribution < -0.4 is 5.32 Å². The molecule has 0 aliphatic carbocycles. The summed E-state index contributed by atoms with van der Waals surface area (Å²) in [7, 11) is 1.66. The zero-order valence-corrected chi connectivity index (χ0v) is 11.5. The quantitative estimate of drug-likeness (QED) is 0.821. The molecule has 1 aromatic heterocycles. The van der Waals surface area contributed by atoms with Gasteiger partial charge in [0, 0.05) is 12.6 Å². The first kappa shape index (κ1) is 13.4. The number of carbonyl (C=O) groups excluding carboxylic acids is 1. The van der Waals surface area contributed by atoms with Crippen molar-refractivity contribution in [1.29, 1.82) is 0 Å². The topological polar surface area (TPSA) is 79.5 Å². The van der Waals surface area contributed by atoms with E-state index in [9.17, 15) is 14.3 Å². The second-order valence-electron chi connectivity index (χ2n) is 4.75. The number of nitrogens with zero attached hydrogens (tertiary/aromatic N) is 3. The van der Waals surface area contributed by atoms with Crippen LogP contribution in [0.15, 0.2) is 29.3 Å². The molecular weight excluding hydrogens is 275 g/mol. The van der Waals surface area contributed by atoms with E-state index in [1.807, 2.05) is 0 Å². The molecule has 1 aliphatic rings. The molecule has 7 heteroatoms. The first-order valence-corrected chi connectivity index (χ1v) is 6.34.